The molecule has 1 atom stereocenters. The fraction of sp³-hybridized carbons (Fsp3) is 0.429. The lowest BCUT2D eigenvalue weighted by Crippen LogP contribution is -2.51. The zero-order valence-electron chi connectivity index (χ0n) is 16.6. The van der Waals surface area contributed by atoms with E-state index in [1.165, 1.54) is 11.3 Å². The number of nitrogens with one attached hydrogen (secondary N) is 1. The van der Waals surface area contributed by atoms with Crippen LogP contribution in [-0.2, 0) is 9.53 Å². The van der Waals surface area contributed by atoms with Crippen molar-refractivity contribution in [3.8, 4) is 11.1 Å². The number of piperazine rings is 1. The van der Waals surface area contributed by atoms with Crippen LogP contribution in [-0.4, -0.2) is 67.6 Å². The Hall–Kier alpha value is -2.22. The molecule has 1 aromatic carbocycles. The van der Waals surface area contributed by atoms with Crippen LogP contribution in [0.2, 0.25) is 0 Å². The van der Waals surface area contributed by atoms with Gasteiger partial charge in [-0.15, -0.1) is 11.3 Å². The Labute approximate surface area is 170 Å². The minimum absolute atomic E-state index is 0.100. The van der Waals surface area contributed by atoms with Crippen molar-refractivity contribution in [3.63, 3.8) is 0 Å². The number of ether oxygens (including phenoxy) is 1. The number of esters is 1. The number of carbonyl (C=O) groups is 2. The summed E-state index contributed by atoms with van der Waals surface area (Å²) in [6, 6.07) is 9.42. The summed E-state index contributed by atoms with van der Waals surface area (Å²) in [4.78, 5) is 29.9. The highest BCUT2D eigenvalue weighted by atomic mass is 32.1. The quantitative estimate of drug-likeness (QED) is 0.754. The third kappa shape index (κ3) is 4.60. The molecule has 0 aliphatic carbocycles. The second-order valence-corrected chi connectivity index (χ2v) is 7.82. The third-order valence-corrected chi connectivity index (χ3v) is 5.95. The van der Waals surface area contributed by atoms with Crippen LogP contribution in [0.15, 0.2) is 35.7 Å². The number of carbonyl (C=O) groups excluding carboxylic acids is 2. The maximum absolute atomic E-state index is 12.9. The van der Waals surface area contributed by atoms with Crippen molar-refractivity contribution in [2.45, 2.75) is 19.9 Å². The molecule has 1 amide bonds. The Balaban J connectivity index is 1.82. The van der Waals surface area contributed by atoms with E-state index in [9.17, 15) is 9.59 Å². The molecule has 0 bridgehead atoms. The molecule has 0 radical (unpaired) electrons. The third-order valence-electron chi connectivity index (χ3n) is 5.06. The van der Waals surface area contributed by atoms with E-state index in [2.05, 4.69) is 22.2 Å². The van der Waals surface area contributed by atoms with Gasteiger partial charge in [-0.25, -0.2) is 4.79 Å². The molecule has 1 N–H and O–H groups in total. The number of nitrogens with zero attached hydrogens (tertiary/aromatic N) is 2. The molecule has 1 fully saturated rings. The van der Waals surface area contributed by atoms with E-state index >= 15 is 0 Å². The Morgan fingerprint density at radius 1 is 1.18 bits per heavy atom. The van der Waals surface area contributed by atoms with Gasteiger partial charge in [0.2, 0.25) is 5.91 Å². The molecule has 1 aromatic heterocycles. The first-order valence-electron chi connectivity index (χ1n) is 9.58. The van der Waals surface area contributed by atoms with Crippen LogP contribution in [0.5, 0.6) is 0 Å². The maximum atomic E-state index is 12.9. The van der Waals surface area contributed by atoms with Gasteiger partial charge in [0, 0.05) is 37.1 Å². The molecule has 1 saturated heterocycles. The van der Waals surface area contributed by atoms with E-state index in [1.807, 2.05) is 42.6 Å². The highest BCUT2D eigenvalue weighted by molar-refractivity contribution is 7.15. The summed E-state index contributed by atoms with van der Waals surface area (Å²) in [6.07, 6.45) is 0. The van der Waals surface area contributed by atoms with E-state index < -0.39 is 5.97 Å². The molecule has 6 nitrogen and oxygen atoms in total. The molecule has 1 unspecified atom stereocenters. The van der Waals surface area contributed by atoms with Crippen LogP contribution < -0.4 is 5.32 Å². The van der Waals surface area contributed by atoms with Gasteiger partial charge < -0.3 is 15.0 Å². The summed E-state index contributed by atoms with van der Waals surface area (Å²) < 4.78 is 5.26. The van der Waals surface area contributed by atoms with Gasteiger partial charge in [-0.2, -0.15) is 0 Å². The molecule has 7 heteroatoms. The molecule has 2 heterocycles. The minimum atomic E-state index is -0.412. The van der Waals surface area contributed by atoms with Gasteiger partial charge in [0.15, 0.2) is 0 Å². The largest absolute Gasteiger partial charge is 0.462 e. The van der Waals surface area contributed by atoms with Crippen LogP contribution in [0, 0.1) is 0 Å². The van der Waals surface area contributed by atoms with E-state index in [0.29, 0.717) is 10.6 Å². The number of hydrogen-bond acceptors (Lipinski definition) is 6. The summed E-state index contributed by atoms with van der Waals surface area (Å²) in [7, 11) is 2.09. The molecular weight excluding hydrogens is 374 g/mol. The lowest BCUT2D eigenvalue weighted by atomic mass is 10.0. The second-order valence-electron chi connectivity index (χ2n) is 6.94. The molecule has 1 aliphatic rings. The second kappa shape index (κ2) is 9.32. The summed E-state index contributed by atoms with van der Waals surface area (Å²) in [6.45, 7) is 7.58. The van der Waals surface area contributed by atoms with E-state index in [0.717, 1.165) is 37.3 Å². The topological polar surface area (TPSA) is 61.9 Å². The van der Waals surface area contributed by atoms with Gasteiger partial charge in [0.25, 0.3) is 0 Å². The molecule has 28 heavy (non-hydrogen) atoms. The van der Waals surface area contributed by atoms with Gasteiger partial charge >= 0.3 is 5.97 Å². The van der Waals surface area contributed by atoms with Crippen molar-refractivity contribution in [2.75, 3.05) is 45.2 Å². The number of thiophene rings is 1. The lowest BCUT2D eigenvalue weighted by Gasteiger charge is -2.35. The molecule has 1 aliphatic heterocycles. The molecule has 2 aromatic rings. The average molecular weight is 402 g/mol. The SMILES string of the molecule is CCOC(=O)c1c(-c2ccccc2)csc1NC(=O)C(C)N1CCN(C)CC1. The van der Waals surface area contributed by atoms with Crippen LogP contribution in [0.4, 0.5) is 5.00 Å². The predicted octanol–water partition coefficient (Wildman–Crippen LogP) is 3.17. The lowest BCUT2D eigenvalue weighted by molar-refractivity contribution is -0.121. The van der Waals surface area contributed by atoms with Crippen molar-refractivity contribution in [1.29, 1.82) is 0 Å². The normalized spacial score (nSPS) is 16.5. The Bertz CT molecular complexity index is 814. The van der Waals surface area contributed by atoms with E-state index in [4.69, 9.17) is 4.74 Å². The van der Waals surface area contributed by atoms with Crippen molar-refractivity contribution in [2.24, 2.45) is 0 Å². The summed E-state index contributed by atoms with van der Waals surface area (Å²) >= 11 is 1.36. The standard InChI is InChI=1S/C21H27N3O3S/c1-4-27-21(26)18-17(16-8-6-5-7-9-16)14-28-20(18)22-19(25)15(2)24-12-10-23(3)11-13-24/h5-9,14-15H,4,10-13H2,1-3H3,(H,22,25). The van der Waals surface area contributed by atoms with Crippen LogP contribution in [0.1, 0.15) is 24.2 Å². The van der Waals surface area contributed by atoms with Gasteiger partial charge in [-0.3, -0.25) is 9.69 Å². The van der Waals surface area contributed by atoms with Crippen molar-refractivity contribution in [1.82, 2.24) is 9.80 Å². The summed E-state index contributed by atoms with van der Waals surface area (Å²) in [5.74, 6) is -0.512. The number of anilines is 1. The van der Waals surface area contributed by atoms with Gasteiger partial charge in [-0.05, 0) is 26.5 Å². The van der Waals surface area contributed by atoms with Gasteiger partial charge in [-0.1, -0.05) is 30.3 Å². The predicted molar refractivity (Wildman–Crippen MR) is 113 cm³/mol. The Morgan fingerprint density at radius 3 is 2.50 bits per heavy atom. The summed E-state index contributed by atoms with van der Waals surface area (Å²) in [5, 5.41) is 5.42. The first-order valence-corrected chi connectivity index (χ1v) is 10.5. The minimum Gasteiger partial charge on any atom is -0.462 e. The average Bonchev–Trinajstić information content (AvgIpc) is 3.12. The van der Waals surface area contributed by atoms with Crippen LogP contribution in [0.25, 0.3) is 11.1 Å². The number of hydrogen-bond donors (Lipinski definition) is 1. The fourth-order valence-electron chi connectivity index (χ4n) is 3.28. The Kier molecular flexibility index (Phi) is 6.83. The van der Waals surface area contributed by atoms with E-state index in [-0.39, 0.29) is 18.6 Å². The van der Waals surface area contributed by atoms with Crippen molar-refractivity contribution < 1.29 is 14.3 Å². The van der Waals surface area contributed by atoms with Gasteiger partial charge in [0.1, 0.15) is 10.6 Å². The van der Waals surface area contributed by atoms with Crippen molar-refractivity contribution in [3.05, 3.63) is 41.3 Å². The van der Waals surface area contributed by atoms with Crippen LogP contribution in [0.3, 0.4) is 0 Å². The molecule has 150 valence electrons. The zero-order valence-corrected chi connectivity index (χ0v) is 17.4. The van der Waals surface area contributed by atoms with Gasteiger partial charge in [0.05, 0.1) is 12.6 Å². The number of rotatable bonds is 6. The molecule has 0 spiro atoms. The monoisotopic (exact) mass is 401 g/mol. The molecular formula is C21H27N3O3S. The smallest absolute Gasteiger partial charge is 0.341 e. The summed E-state index contributed by atoms with van der Waals surface area (Å²) in [5.41, 5.74) is 2.14. The molecule has 0 saturated carbocycles. The highest BCUT2D eigenvalue weighted by Crippen LogP contribution is 2.36. The number of benzene rings is 1. The number of amides is 1. The van der Waals surface area contributed by atoms with Crippen molar-refractivity contribution >= 4 is 28.2 Å². The van der Waals surface area contributed by atoms with Crippen LogP contribution >= 0.6 is 11.3 Å². The first-order chi connectivity index (χ1) is 13.5. The maximum Gasteiger partial charge on any atom is 0.341 e. The van der Waals surface area contributed by atoms with E-state index in [1.54, 1.807) is 6.92 Å². The first kappa shape index (κ1) is 20.5. The molecule has 3 rings (SSSR count). The Morgan fingerprint density at radius 2 is 1.86 bits per heavy atom. The number of likely N-dealkylation sites (N-methyl/N-ethyl adjacent to an activating group) is 1. The zero-order chi connectivity index (χ0) is 20.1. The highest BCUT2D eigenvalue weighted by Gasteiger charge is 2.27. The fourth-order valence-corrected chi connectivity index (χ4v) is 4.24.